The van der Waals surface area contributed by atoms with Gasteiger partial charge in [-0.3, -0.25) is 20.2 Å². The van der Waals surface area contributed by atoms with E-state index in [4.69, 9.17) is 4.52 Å². The van der Waals surface area contributed by atoms with Gasteiger partial charge in [0.25, 0.3) is 5.69 Å². The maximum atomic E-state index is 10.9. The Morgan fingerprint density at radius 1 is 1.10 bits per heavy atom. The standard InChI is InChI=1S/C12H11N3O5/c1-8-12(15(18)19)11(20-13-8)7-4-9-2-5-10(6-3-9)14(16)17/h2-3,5-6H,4,7H2,1H3. The number of nitrogens with zero attached hydrogens (tertiary/aromatic N) is 3. The Hall–Kier alpha value is -2.77. The van der Waals surface area contributed by atoms with Crippen molar-refractivity contribution in [2.45, 2.75) is 19.8 Å². The van der Waals surface area contributed by atoms with Crippen LogP contribution in [0.3, 0.4) is 0 Å². The van der Waals surface area contributed by atoms with Crippen molar-refractivity contribution in [3.05, 3.63) is 61.5 Å². The third kappa shape index (κ3) is 2.79. The topological polar surface area (TPSA) is 112 Å². The van der Waals surface area contributed by atoms with Crippen LogP contribution in [0, 0.1) is 27.2 Å². The molecule has 8 nitrogen and oxygen atoms in total. The SMILES string of the molecule is Cc1noc(CCc2ccc([N+](=O)[O-])cc2)c1[N+](=O)[O-]. The van der Waals surface area contributed by atoms with Gasteiger partial charge in [-0.05, 0) is 18.9 Å². The van der Waals surface area contributed by atoms with E-state index in [0.29, 0.717) is 12.8 Å². The summed E-state index contributed by atoms with van der Waals surface area (Å²) < 4.78 is 4.94. The van der Waals surface area contributed by atoms with Crippen LogP contribution < -0.4 is 0 Å². The second-order valence-electron chi connectivity index (χ2n) is 4.22. The number of hydrogen-bond donors (Lipinski definition) is 0. The van der Waals surface area contributed by atoms with Crippen molar-refractivity contribution >= 4 is 11.4 Å². The molecule has 1 aromatic heterocycles. The fourth-order valence-corrected chi connectivity index (χ4v) is 1.85. The molecular formula is C12H11N3O5. The molecule has 0 aliphatic rings. The molecule has 0 amide bonds. The van der Waals surface area contributed by atoms with E-state index in [0.717, 1.165) is 5.56 Å². The second-order valence-corrected chi connectivity index (χ2v) is 4.22. The largest absolute Gasteiger partial charge is 0.354 e. The summed E-state index contributed by atoms with van der Waals surface area (Å²) in [4.78, 5) is 20.4. The van der Waals surface area contributed by atoms with Gasteiger partial charge < -0.3 is 4.52 Å². The first-order valence-corrected chi connectivity index (χ1v) is 5.82. The van der Waals surface area contributed by atoms with Gasteiger partial charge in [-0.15, -0.1) is 0 Å². The van der Waals surface area contributed by atoms with Crippen molar-refractivity contribution in [2.75, 3.05) is 0 Å². The number of aryl methyl sites for hydroxylation is 3. The van der Waals surface area contributed by atoms with Crippen LogP contribution in [0.1, 0.15) is 17.0 Å². The van der Waals surface area contributed by atoms with Crippen molar-refractivity contribution in [3.8, 4) is 0 Å². The molecule has 0 bridgehead atoms. The lowest BCUT2D eigenvalue weighted by molar-refractivity contribution is -0.386. The van der Waals surface area contributed by atoms with Gasteiger partial charge in [0.15, 0.2) is 5.69 Å². The normalized spacial score (nSPS) is 10.4. The average Bonchev–Trinajstić information content (AvgIpc) is 2.78. The summed E-state index contributed by atoms with van der Waals surface area (Å²) in [6.07, 6.45) is 0.794. The Bertz CT molecular complexity index is 648. The summed E-state index contributed by atoms with van der Waals surface area (Å²) in [7, 11) is 0. The summed E-state index contributed by atoms with van der Waals surface area (Å²) in [6, 6.07) is 6.03. The highest BCUT2D eigenvalue weighted by Crippen LogP contribution is 2.24. The molecule has 0 N–H and O–H groups in total. The number of rotatable bonds is 5. The lowest BCUT2D eigenvalue weighted by Gasteiger charge is -1.99. The summed E-state index contributed by atoms with van der Waals surface area (Å²) in [5, 5.41) is 25.0. The molecule has 104 valence electrons. The van der Waals surface area contributed by atoms with Crippen LogP contribution in [0.25, 0.3) is 0 Å². The molecular weight excluding hydrogens is 266 g/mol. The van der Waals surface area contributed by atoms with Crippen LogP contribution in [-0.4, -0.2) is 15.0 Å². The van der Waals surface area contributed by atoms with E-state index in [1.54, 1.807) is 12.1 Å². The van der Waals surface area contributed by atoms with Crippen LogP contribution in [-0.2, 0) is 12.8 Å². The van der Waals surface area contributed by atoms with Crippen LogP contribution in [0.5, 0.6) is 0 Å². The minimum atomic E-state index is -0.517. The van der Waals surface area contributed by atoms with E-state index in [2.05, 4.69) is 5.16 Å². The van der Waals surface area contributed by atoms with Gasteiger partial charge in [0.05, 0.1) is 9.85 Å². The molecule has 0 aliphatic heterocycles. The minimum Gasteiger partial charge on any atom is -0.354 e. The van der Waals surface area contributed by atoms with Crippen molar-refractivity contribution in [2.24, 2.45) is 0 Å². The Morgan fingerprint density at radius 2 is 1.75 bits per heavy atom. The van der Waals surface area contributed by atoms with Gasteiger partial charge in [-0.1, -0.05) is 17.3 Å². The van der Waals surface area contributed by atoms with E-state index in [9.17, 15) is 20.2 Å². The lowest BCUT2D eigenvalue weighted by atomic mass is 10.1. The average molecular weight is 277 g/mol. The maximum Gasteiger partial charge on any atom is 0.334 e. The Balaban J connectivity index is 2.09. The van der Waals surface area contributed by atoms with E-state index in [1.807, 2.05) is 0 Å². The monoisotopic (exact) mass is 277 g/mol. The molecule has 8 heteroatoms. The molecule has 0 saturated carbocycles. The van der Waals surface area contributed by atoms with Gasteiger partial charge in [0.2, 0.25) is 5.76 Å². The van der Waals surface area contributed by atoms with Gasteiger partial charge in [0.1, 0.15) is 0 Å². The predicted octanol–water partition coefficient (Wildman–Crippen LogP) is 2.58. The summed E-state index contributed by atoms with van der Waals surface area (Å²) in [5.74, 6) is 0.214. The van der Waals surface area contributed by atoms with E-state index in [-0.39, 0.29) is 22.8 Å². The highest BCUT2D eigenvalue weighted by Gasteiger charge is 2.23. The van der Waals surface area contributed by atoms with Crippen LogP contribution in [0.4, 0.5) is 11.4 Å². The zero-order valence-corrected chi connectivity index (χ0v) is 10.6. The minimum absolute atomic E-state index is 0.00948. The predicted molar refractivity (Wildman–Crippen MR) is 68.4 cm³/mol. The first kappa shape index (κ1) is 13.7. The Kier molecular flexibility index (Phi) is 3.74. The smallest absolute Gasteiger partial charge is 0.334 e. The fraction of sp³-hybridized carbons (Fsp3) is 0.250. The van der Waals surface area contributed by atoms with Gasteiger partial charge >= 0.3 is 5.69 Å². The summed E-state index contributed by atoms with van der Waals surface area (Å²) in [6.45, 7) is 1.51. The quantitative estimate of drug-likeness (QED) is 0.613. The first-order valence-electron chi connectivity index (χ1n) is 5.82. The number of benzene rings is 1. The van der Waals surface area contributed by atoms with Crippen molar-refractivity contribution < 1.29 is 14.4 Å². The molecule has 2 rings (SSSR count). The molecule has 1 heterocycles. The molecule has 0 saturated heterocycles. The van der Waals surface area contributed by atoms with Crippen LogP contribution >= 0.6 is 0 Å². The van der Waals surface area contributed by atoms with Gasteiger partial charge in [0, 0.05) is 18.6 Å². The first-order chi connectivity index (χ1) is 9.49. The highest BCUT2D eigenvalue weighted by atomic mass is 16.6. The molecule has 0 radical (unpaired) electrons. The number of non-ortho nitro benzene ring substituents is 1. The van der Waals surface area contributed by atoms with Crippen LogP contribution in [0.15, 0.2) is 28.8 Å². The maximum absolute atomic E-state index is 10.9. The van der Waals surface area contributed by atoms with Crippen LogP contribution in [0.2, 0.25) is 0 Å². The van der Waals surface area contributed by atoms with E-state index >= 15 is 0 Å². The Morgan fingerprint density at radius 3 is 2.30 bits per heavy atom. The van der Waals surface area contributed by atoms with E-state index < -0.39 is 9.85 Å². The fourth-order valence-electron chi connectivity index (χ4n) is 1.85. The second kappa shape index (κ2) is 5.47. The molecule has 2 aromatic rings. The number of hydrogen-bond acceptors (Lipinski definition) is 6. The summed E-state index contributed by atoms with van der Waals surface area (Å²) in [5.41, 5.74) is 0.981. The molecule has 0 unspecified atom stereocenters. The molecule has 0 spiro atoms. The number of nitro benzene ring substituents is 1. The van der Waals surface area contributed by atoms with Crippen molar-refractivity contribution in [1.82, 2.24) is 5.16 Å². The third-order valence-electron chi connectivity index (χ3n) is 2.87. The zero-order chi connectivity index (χ0) is 14.7. The zero-order valence-electron chi connectivity index (χ0n) is 10.6. The third-order valence-corrected chi connectivity index (χ3v) is 2.87. The number of nitro groups is 2. The molecule has 0 atom stereocenters. The van der Waals surface area contributed by atoms with E-state index in [1.165, 1.54) is 19.1 Å². The van der Waals surface area contributed by atoms with Gasteiger partial charge in [-0.25, -0.2) is 0 Å². The molecule has 20 heavy (non-hydrogen) atoms. The summed E-state index contributed by atoms with van der Waals surface area (Å²) >= 11 is 0. The van der Waals surface area contributed by atoms with Crippen molar-refractivity contribution in [1.29, 1.82) is 0 Å². The highest BCUT2D eigenvalue weighted by molar-refractivity contribution is 5.38. The molecule has 0 aliphatic carbocycles. The number of aromatic nitrogens is 1. The molecule has 0 fully saturated rings. The Labute approximate surface area is 113 Å². The van der Waals surface area contributed by atoms with Gasteiger partial charge in [-0.2, -0.15) is 0 Å². The molecule has 1 aromatic carbocycles. The lowest BCUT2D eigenvalue weighted by Crippen LogP contribution is -1.96. The van der Waals surface area contributed by atoms with Crippen molar-refractivity contribution in [3.63, 3.8) is 0 Å².